The maximum Gasteiger partial charge on any atom is 0.189 e. The van der Waals surface area contributed by atoms with Crippen LogP contribution < -0.4 is 10.1 Å². The molecule has 1 aromatic carbocycles. The predicted molar refractivity (Wildman–Crippen MR) is 79.1 cm³/mol. The minimum Gasteiger partial charge on any atom is -0.467 e. The van der Waals surface area contributed by atoms with Gasteiger partial charge in [0.15, 0.2) is 6.79 Å². The highest BCUT2D eigenvalue weighted by molar-refractivity contribution is 6.30. The fraction of sp³-hybridized carbons (Fsp3) is 0.600. The van der Waals surface area contributed by atoms with Gasteiger partial charge >= 0.3 is 0 Å². The monoisotopic (exact) mass is 296 g/mol. The van der Waals surface area contributed by atoms with Gasteiger partial charge in [-0.2, -0.15) is 0 Å². The quantitative estimate of drug-likeness (QED) is 0.908. The van der Waals surface area contributed by atoms with Gasteiger partial charge in [-0.25, -0.2) is 0 Å². The lowest BCUT2D eigenvalue weighted by Gasteiger charge is -2.38. The lowest BCUT2D eigenvalue weighted by atomic mass is 10.1. The molecule has 0 aromatic heterocycles. The molecule has 2 aliphatic heterocycles. The molecule has 2 heterocycles. The minimum atomic E-state index is 0.329. The molecule has 1 fully saturated rings. The average Bonchev–Trinajstić information content (AvgIpc) is 2.43. The molecule has 0 amide bonds. The van der Waals surface area contributed by atoms with Gasteiger partial charge in [-0.1, -0.05) is 11.6 Å². The molecule has 2 aliphatic rings. The molecule has 2 unspecified atom stereocenters. The van der Waals surface area contributed by atoms with Crippen LogP contribution in [0.2, 0.25) is 5.02 Å². The number of piperazine rings is 1. The zero-order chi connectivity index (χ0) is 14.1. The Balaban J connectivity index is 1.84. The molecule has 0 aliphatic carbocycles. The van der Waals surface area contributed by atoms with Crippen molar-refractivity contribution < 1.29 is 9.47 Å². The maximum atomic E-state index is 6.22. The maximum absolute atomic E-state index is 6.22. The van der Waals surface area contributed by atoms with Crippen LogP contribution in [-0.4, -0.2) is 36.9 Å². The Morgan fingerprint density at radius 2 is 2.25 bits per heavy atom. The summed E-state index contributed by atoms with van der Waals surface area (Å²) in [5, 5.41) is 4.26. The van der Waals surface area contributed by atoms with Crippen molar-refractivity contribution in [2.24, 2.45) is 0 Å². The second-order valence-electron chi connectivity index (χ2n) is 5.75. The largest absolute Gasteiger partial charge is 0.467 e. The first-order chi connectivity index (χ1) is 9.63. The van der Waals surface area contributed by atoms with Crippen LogP contribution in [0.5, 0.6) is 5.75 Å². The van der Waals surface area contributed by atoms with Crippen molar-refractivity contribution in [2.45, 2.75) is 39.1 Å². The highest BCUT2D eigenvalue weighted by atomic mass is 35.5. The van der Waals surface area contributed by atoms with Crippen LogP contribution in [0.1, 0.15) is 25.0 Å². The van der Waals surface area contributed by atoms with Crippen LogP contribution in [0.15, 0.2) is 12.1 Å². The van der Waals surface area contributed by atoms with Crippen LogP contribution in [0.3, 0.4) is 0 Å². The fourth-order valence-electron chi connectivity index (χ4n) is 2.91. The van der Waals surface area contributed by atoms with E-state index in [1.807, 2.05) is 12.1 Å². The summed E-state index contributed by atoms with van der Waals surface area (Å²) in [6, 6.07) is 4.99. The highest BCUT2D eigenvalue weighted by Crippen LogP contribution is 2.33. The molecular formula is C15H21ClN2O2. The van der Waals surface area contributed by atoms with Gasteiger partial charge in [0.2, 0.25) is 0 Å². The van der Waals surface area contributed by atoms with Gasteiger partial charge < -0.3 is 14.8 Å². The van der Waals surface area contributed by atoms with Gasteiger partial charge in [0.05, 0.1) is 6.61 Å². The summed E-state index contributed by atoms with van der Waals surface area (Å²) in [5.74, 6) is 0.957. The minimum absolute atomic E-state index is 0.329. The molecule has 3 rings (SSSR count). The van der Waals surface area contributed by atoms with Crippen molar-refractivity contribution in [2.75, 3.05) is 19.9 Å². The van der Waals surface area contributed by atoms with Crippen LogP contribution in [0, 0.1) is 0 Å². The number of rotatable bonds is 2. The number of halogens is 1. The van der Waals surface area contributed by atoms with Gasteiger partial charge in [0.25, 0.3) is 0 Å². The van der Waals surface area contributed by atoms with Crippen LogP contribution in [0.4, 0.5) is 0 Å². The summed E-state index contributed by atoms with van der Waals surface area (Å²) in [4.78, 5) is 2.48. The summed E-state index contributed by atoms with van der Waals surface area (Å²) < 4.78 is 11.0. The number of ether oxygens (including phenoxy) is 2. The molecule has 110 valence electrons. The predicted octanol–water partition coefficient (Wildman–Crippen LogP) is 2.39. The molecule has 0 saturated carbocycles. The normalized spacial score (nSPS) is 26.9. The van der Waals surface area contributed by atoms with E-state index in [0.717, 1.165) is 41.5 Å². The molecule has 1 aromatic rings. The SMILES string of the molecule is CC1CN(Cc2cc(Cl)cc3c2OCOC3)C(C)CN1. The Morgan fingerprint density at radius 3 is 3.10 bits per heavy atom. The van der Waals surface area contributed by atoms with E-state index in [-0.39, 0.29) is 0 Å². The second kappa shape index (κ2) is 5.90. The van der Waals surface area contributed by atoms with Crippen molar-refractivity contribution in [3.63, 3.8) is 0 Å². The Morgan fingerprint density at radius 1 is 1.40 bits per heavy atom. The fourth-order valence-corrected chi connectivity index (χ4v) is 3.17. The van der Waals surface area contributed by atoms with Gasteiger partial charge in [-0.15, -0.1) is 0 Å². The van der Waals surface area contributed by atoms with Crippen molar-refractivity contribution in [1.82, 2.24) is 10.2 Å². The Kier molecular flexibility index (Phi) is 4.17. The number of hydrogen-bond donors (Lipinski definition) is 1. The lowest BCUT2D eigenvalue weighted by Crippen LogP contribution is -2.53. The van der Waals surface area contributed by atoms with E-state index in [0.29, 0.717) is 25.5 Å². The average molecular weight is 297 g/mol. The number of nitrogens with one attached hydrogen (secondary N) is 1. The first-order valence-electron chi connectivity index (χ1n) is 7.13. The van der Waals surface area contributed by atoms with Crippen molar-refractivity contribution >= 4 is 11.6 Å². The van der Waals surface area contributed by atoms with Gasteiger partial charge in [-0.3, -0.25) is 4.90 Å². The van der Waals surface area contributed by atoms with E-state index in [9.17, 15) is 0 Å². The van der Waals surface area contributed by atoms with E-state index in [2.05, 4.69) is 24.1 Å². The number of hydrogen-bond acceptors (Lipinski definition) is 4. The number of fused-ring (bicyclic) bond motifs is 1. The number of nitrogens with zero attached hydrogens (tertiary/aromatic N) is 1. The Hall–Kier alpha value is -0.810. The van der Waals surface area contributed by atoms with Crippen molar-refractivity contribution in [3.8, 4) is 5.75 Å². The first kappa shape index (κ1) is 14.1. The van der Waals surface area contributed by atoms with E-state index >= 15 is 0 Å². The molecule has 20 heavy (non-hydrogen) atoms. The van der Waals surface area contributed by atoms with Crippen molar-refractivity contribution in [3.05, 3.63) is 28.3 Å². The molecule has 0 bridgehead atoms. The molecule has 5 heteroatoms. The topological polar surface area (TPSA) is 33.7 Å². The van der Waals surface area contributed by atoms with E-state index < -0.39 is 0 Å². The third-order valence-corrected chi connectivity index (χ3v) is 4.24. The van der Waals surface area contributed by atoms with E-state index in [1.165, 1.54) is 0 Å². The Bertz CT molecular complexity index is 495. The van der Waals surface area contributed by atoms with Crippen LogP contribution in [-0.2, 0) is 17.9 Å². The Labute approximate surface area is 125 Å². The molecular weight excluding hydrogens is 276 g/mol. The molecule has 0 spiro atoms. The van der Waals surface area contributed by atoms with Crippen LogP contribution >= 0.6 is 11.6 Å². The summed E-state index contributed by atoms with van der Waals surface area (Å²) in [7, 11) is 0. The van der Waals surface area contributed by atoms with E-state index in [1.54, 1.807) is 0 Å². The van der Waals surface area contributed by atoms with E-state index in [4.69, 9.17) is 21.1 Å². The lowest BCUT2D eigenvalue weighted by molar-refractivity contribution is -0.0177. The van der Waals surface area contributed by atoms with Crippen molar-refractivity contribution in [1.29, 1.82) is 0 Å². The number of benzene rings is 1. The molecule has 1 saturated heterocycles. The standard InChI is InChI=1S/C15H21ClN2O2/c1-10-6-18(11(2)5-17-10)7-12-3-14(16)4-13-8-19-9-20-15(12)13/h3-4,10-11,17H,5-9H2,1-2H3. The molecule has 4 nitrogen and oxygen atoms in total. The first-order valence-corrected chi connectivity index (χ1v) is 7.50. The zero-order valence-electron chi connectivity index (χ0n) is 12.0. The van der Waals surface area contributed by atoms with Gasteiger partial charge in [-0.05, 0) is 26.0 Å². The molecule has 0 radical (unpaired) electrons. The summed E-state index contributed by atoms with van der Waals surface area (Å²) >= 11 is 6.22. The summed E-state index contributed by atoms with van der Waals surface area (Å²) in [5.41, 5.74) is 2.21. The van der Waals surface area contributed by atoms with Gasteiger partial charge in [0.1, 0.15) is 5.75 Å². The summed E-state index contributed by atoms with van der Waals surface area (Å²) in [6.07, 6.45) is 0. The van der Waals surface area contributed by atoms with Gasteiger partial charge in [0, 0.05) is 47.9 Å². The van der Waals surface area contributed by atoms with Crippen LogP contribution in [0.25, 0.3) is 0 Å². The smallest absolute Gasteiger partial charge is 0.189 e. The molecule has 2 atom stereocenters. The second-order valence-corrected chi connectivity index (χ2v) is 6.19. The third kappa shape index (κ3) is 2.93. The zero-order valence-corrected chi connectivity index (χ0v) is 12.7. The molecule has 1 N–H and O–H groups in total. The summed E-state index contributed by atoms with van der Waals surface area (Å²) in [6.45, 7) is 8.31. The highest BCUT2D eigenvalue weighted by Gasteiger charge is 2.25. The third-order valence-electron chi connectivity index (χ3n) is 4.02.